The molecule has 0 bridgehead atoms. The topological polar surface area (TPSA) is 299 Å². The summed E-state index contributed by atoms with van der Waals surface area (Å²) in [5.74, 6) is -5.57. The number of likely N-dealkylation sites (N-methyl/N-ethyl adjacent to an activating group) is 2. The number of aromatic hydroxyl groups is 2. The number of nitrogens with one attached hydrogen (secondary N) is 3. The number of carboxylic acids is 1. The molecule has 2 saturated heterocycles. The van der Waals surface area contributed by atoms with E-state index in [2.05, 4.69) is 16.0 Å². The van der Waals surface area contributed by atoms with Gasteiger partial charge in [-0.25, -0.2) is 34.4 Å². The number of fused-ring (bicyclic) bond motifs is 2. The van der Waals surface area contributed by atoms with E-state index in [0.717, 1.165) is 27.2 Å². The summed E-state index contributed by atoms with van der Waals surface area (Å²) in [6.45, 7) is 0.723. The average Bonchev–Trinajstić information content (AvgIpc) is 1.70. The number of amides is 3. The van der Waals surface area contributed by atoms with Crippen molar-refractivity contribution in [2.45, 2.75) is 36.8 Å². The number of benzene rings is 6. The smallest absolute Gasteiger partial charge is 0.320 e. The van der Waals surface area contributed by atoms with Gasteiger partial charge in [-0.15, -0.1) is 0 Å². The first-order valence-electron chi connectivity index (χ1n) is 26.6. The molecular weight excluding hydrogens is 1180 g/mol. The maximum Gasteiger partial charge on any atom is 0.320 e. The Balaban J connectivity index is 0.000000200. The highest BCUT2D eigenvalue weighted by Crippen LogP contribution is 2.45. The predicted molar refractivity (Wildman–Crippen MR) is 321 cm³/mol. The molecule has 27 heteroatoms. The molecule has 0 aliphatic carbocycles. The number of aliphatic carboxylic acids is 1. The normalized spacial score (nSPS) is 17.0. The van der Waals surface area contributed by atoms with Gasteiger partial charge in [0.05, 0.1) is 41.1 Å². The number of nitrogens with zero attached hydrogens (tertiary/aromatic N) is 4. The van der Waals surface area contributed by atoms with Gasteiger partial charge < -0.3 is 45.8 Å². The molecule has 2 aliphatic rings. The van der Waals surface area contributed by atoms with Gasteiger partial charge in [0.15, 0.2) is 5.82 Å². The standard InChI is InChI=1S/C30H30F2N4O6S.C24H26FN3O6S.C6H6FNO/c1-33-30(39)26-20-13-19(17-12-23(35(2)15-17)29(38)34-27-21(32)6-5-7-24(27)37)22(36(3)43(4,40)41)14-25(20)42-28(26)16-8-10-18(31)11-9-16;1-26-23(29)21-17-10-16(14-9-19(24(30)31)27(2)12-14)18(28(3)35(4,32)33)11-20(17)34-22(21)13-5-7-15(25)8-6-13;7-4-2-1-3-5(9)6(4)8/h5-11,13-14,17,23,37H,12,15H2,1-4H3,(H,33,39)(H,34,38);5-8,10-11,14,19H,9,12H2,1-4H3,(H,26,29)(H,30,31);1-3,9H,8H2/t17?,23-;14?,19-;/m00./s1. The van der Waals surface area contributed by atoms with Crippen molar-refractivity contribution < 1.29 is 77.7 Å². The van der Waals surface area contributed by atoms with Crippen molar-refractivity contribution in [3.05, 3.63) is 155 Å². The third-order valence-corrected chi connectivity index (χ3v) is 17.7. The van der Waals surface area contributed by atoms with E-state index < -0.39 is 84.8 Å². The molecule has 87 heavy (non-hydrogen) atoms. The Bertz CT molecular complexity index is 4160. The van der Waals surface area contributed by atoms with E-state index in [0.29, 0.717) is 57.5 Å². The lowest BCUT2D eigenvalue weighted by Crippen LogP contribution is -2.37. The first-order valence-corrected chi connectivity index (χ1v) is 30.3. The number of anilines is 4. The SMILES string of the molecule is CNC(=O)c1c(-c2ccc(F)cc2)oc2cc(N(C)S(C)(=O)=O)c(C3C[C@@H](C(=O)Nc4c(O)cccc4F)N(C)C3)cc12.CNC(=O)c1c(-c2ccc(F)cc2)oc2cc(N(C)S(C)(=O)=O)c(C3C[C@@H](C(=O)O)N(C)C3)cc12.Nc1c(O)cccc1F. The van der Waals surface area contributed by atoms with Gasteiger partial charge in [-0.3, -0.25) is 37.6 Å². The summed E-state index contributed by atoms with van der Waals surface area (Å²) >= 11 is 0. The predicted octanol–water partition coefficient (Wildman–Crippen LogP) is 8.25. The summed E-state index contributed by atoms with van der Waals surface area (Å²) in [7, 11) is 1.77. The largest absolute Gasteiger partial charge is 0.506 e. The first-order chi connectivity index (χ1) is 40.9. The molecule has 2 unspecified atom stereocenters. The zero-order chi connectivity index (χ0) is 63.7. The van der Waals surface area contributed by atoms with Gasteiger partial charge in [-0.05, 0) is 123 Å². The molecule has 10 rings (SSSR count). The zero-order valence-corrected chi connectivity index (χ0v) is 49.8. The van der Waals surface area contributed by atoms with E-state index in [1.807, 2.05) is 0 Å². The maximum atomic E-state index is 14.3. The number of nitrogen functional groups attached to an aromatic ring is 1. The van der Waals surface area contributed by atoms with Gasteiger partial charge in [0, 0.05) is 87.1 Å². The molecule has 0 spiro atoms. The quantitative estimate of drug-likeness (QED) is 0.0325. The molecule has 460 valence electrons. The Morgan fingerprint density at radius 2 is 1.01 bits per heavy atom. The lowest BCUT2D eigenvalue weighted by Gasteiger charge is -2.23. The molecule has 2 aliphatic heterocycles. The van der Waals surface area contributed by atoms with Crippen molar-refractivity contribution in [1.82, 2.24) is 20.4 Å². The minimum atomic E-state index is -3.74. The molecular formula is C60H62F4N8O13S2. The summed E-state index contributed by atoms with van der Waals surface area (Å²) in [4.78, 5) is 54.4. The van der Waals surface area contributed by atoms with Crippen LogP contribution in [0.1, 0.15) is 56.5 Å². The number of carbonyl (C=O) groups excluding carboxylic acids is 3. The lowest BCUT2D eigenvalue weighted by atomic mass is 9.92. The highest BCUT2D eigenvalue weighted by molar-refractivity contribution is 7.92. The van der Waals surface area contributed by atoms with Crippen LogP contribution in [-0.4, -0.2) is 146 Å². The van der Waals surface area contributed by atoms with Crippen molar-refractivity contribution in [1.29, 1.82) is 0 Å². The molecule has 3 amide bonds. The van der Waals surface area contributed by atoms with E-state index in [1.165, 1.54) is 113 Å². The molecule has 8 aromatic rings. The number of rotatable bonds is 13. The minimum absolute atomic E-state index is 0.185. The van der Waals surface area contributed by atoms with Crippen molar-refractivity contribution >= 4 is 88.4 Å². The monoisotopic (exact) mass is 1240 g/mol. The highest BCUT2D eigenvalue weighted by Gasteiger charge is 2.40. The van der Waals surface area contributed by atoms with Crippen LogP contribution < -0.4 is 30.3 Å². The van der Waals surface area contributed by atoms with Crippen molar-refractivity contribution in [3.63, 3.8) is 0 Å². The second-order valence-corrected chi connectivity index (χ2v) is 25.0. The summed E-state index contributed by atoms with van der Waals surface area (Å²) in [5, 5.41) is 36.9. The summed E-state index contributed by atoms with van der Waals surface area (Å²) in [5.41, 5.74) is 8.17. The molecule has 0 saturated carbocycles. The number of carboxylic acid groups (broad SMARTS) is 1. The number of furan rings is 2. The minimum Gasteiger partial charge on any atom is -0.506 e. The van der Waals surface area contributed by atoms with Crippen molar-refractivity contribution in [3.8, 4) is 34.1 Å². The number of nitrogens with two attached hydrogens (primary N) is 1. The number of phenolic OH excluding ortho intramolecular Hbond substituents is 2. The number of para-hydroxylation sites is 2. The first kappa shape index (κ1) is 63.8. The van der Waals surface area contributed by atoms with Gasteiger partial charge in [0.2, 0.25) is 26.0 Å². The third-order valence-electron chi connectivity index (χ3n) is 15.3. The van der Waals surface area contributed by atoms with Gasteiger partial charge in [0.25, 0.3) is 11.8 Å². The second-order valence-electron chi connectivity index (χ2n) is 21.0. The van der Waals surface area contributed by atoms with Gasteiger partial charge in [0.1, 0.15) is 69.1 Å². The number of phenols is 2. The number of halogens is 4. The van der Waals surface area contributed by atoms with Crippen LogP contribution >= 0.6 is 0 Å². The highest BCUT2D eigenvalue weighted by atomic mass is 32.2. The summed E-state index contributed by atoms with van der Waals surface area (Å²) in [6, 6.07) is 23.6. The van der Waals surface area contributed by atoms with Crippen molar-refractivity contribution in [2.75, 3.05) is 87.5 Å². The van der Waals surface area contributed by atoms with Gasteiger partial charge in [-0.2, -0.15) is 0 Å². The van der Waals surface area contributed by atoms with Crippen LogP contribution in [0.4, 0.5) is 40.3 Å². The molecule has 6 aromatic carbocycles. The van der Waals surface area contributed by atoms with Crippen LogP contribution in [0, 0.1) is 23.3 Å². The molecule has 4 atom stereocenters. The van der Waals surface area contributed by atoms with E-state index in [-0.39, 0.29) is 75.6 Å². The van der Waals surface area contributed by atoms with Gasteiger partial charge >= 0.3 is 5.97 Å². The van der Waals surface area contributed by atoms with Crippen LogP contribution in [0.25, 0.3) is 44.6 Å². The van der Waals surface area contributed by atoms with E-state index in [4.69, 9.17) is 19.7 Å². The molecule has 2 aromatic heterocycles. The number of likely N-dealkylation sites (tertiary alicyclic amines) is 2. The fourth-order valence-electron chi connectivity index (χ4n) is 10.6. The Morgan fingerprint density at radius 3 is 1.38 bits per heavy atom. The fraction of sp³-hybridized carbons (Fsp3) is 0.267. The molecule has 2 fully saturated rings. The number of hydrogen-bond acceptors (Lipinski definition) is 15. The van der Waals surface area contributed by atoms with Gasteiger partial charge in [-0.1, -0.05) is 12.1 Å². The Morgan fingerprint density at radius 1 is 0.609 bits per heavy atom. The number of sulfonamides is 2. The summed E-state index contributed by atoms with van der Waals surface area (Å²) in [6.07, 6.45) is 2.64. The average molecular weight is 1240 g/mol. The maximum absolute atomic E-state index is 14.3. The third kappa shape index (κ3) is 13.4. The van der Waals surface area contributed by atoms with Crippen LogP contribution in [0.2, 0.25) is 0 Å². The Hall–Kier alpha value is -9.18. The Labute approximate surface area is 497 Å². The molecule has 8 N–H and O–H groups in total. The lowest BCUT2D eigenvalue weighted by molar-refractivity contribution is -0.141. The van der Waals surface area contributed by atoms with Crippen LogP contribution in [0.3, 0.4) is 0 Å². The fourth-order valence-corrected chi connectivity index (χ4v) is 11.6. The van der Waals surface area contributed by atoms with Crippen LogP contribution in [0.15, 0.2) is 118 Å². The zero-order valence-electron chi connectivity index (χ0n) is 48.1. The van der Waals surface area contributed by atoms with Crippen molar-refractivity contribution in [2.24, 2.45) is 0 Å². The molecule has 4 heterocycles. The van der Waals surface area contributed by atoms with Crippen LogP contribution in [0.5, 0.6) is 11.5 Å². The van der Waals surface area contributed by atoms with E-state index in [1.54, 1.807) is 42.1 Å². The second kappa shape index (κ2) is 25.4. The molecule has 0 radical (unpaired) electrons. The number of hydrogen-bond donors (Lipinski definition) is 7. The van der Waals surface area contributed by atoms with E-state index >= 15 is 0 Å². The van der Waals surface area contributed by atoms with Crippen LogP contribution in [-0.2, 0) is 29.6 Å². The molecule has 21 nitrogen and oxygen atoms in total. The van der Waals surface area contributed by atoms with E-state index in [9.17, 15) is 63.8 Å². The Kier molecular flexibility index (Phi) is 18.6. The number of carbonyl (C=O) groups is 4. The summed E-state index contributed by atoms with van der Waals surface area (Å²) < 4.78 is 118.